The van der Waals surface area contributed by atoms with Gasteiger partial charge in [-0.15, -0.1) is 0 Å². The first-order valence-corrected chi connectivity index (χ1v) is 9.00. The third-order valence-electron chi connectivity index (χ3n) is 4.27. The Bertz CT molecular complexity index is 762. The number of anilines is 3. The van der Waals surface area contributed by atoms with E-state index in [1.807, 2.05) is 4.90 Å². The van der Waals surface area contributed by atoms with Gasteiger partial charge in [0.25, 0.3) is 10.9 Å². The third-order valence-corrected chi connectivity index (χ3v) is 4.89. The highest BCUT2D eigenvalue weighted by Gasteiger charge is 2.26. The molecule has 0 atom stereocenters. The van der Waals surface area contributed by atoms with Crippen molar-refractivity contribution in [1.82, 2.24) is 0 Å². The molecule has 0 amide bonds. The average molecular weight is 316 g/mol. The lowest BCUT2D eigenvalue weighted by Crippen LogP contribution is -2.41. The fourth-order valence-electron chi connectivity index (χ4n) is 3.11. The van der Waals surface area contributed by atoms with Gasteiger partial charge in [0.15, 0.2) is 0 Å². The molecule has 1 aliphatic heterocycles. The van der Waals surface area contributed by atoms with E-state index in [0.717, 1.165) is 43.7 Å². The molecule has 0 saturated carbocycles. The van der Waals surface area contributed by atoms with Crippen LogP contribution in [0.3, 0.4) is 0 Å². The van der Waals surface area contributed by atoms with Crippen molar-refractivity contribution in [3.05, 3.63) is 49.8 Å². The number of nitrogens with two attached hydrogens (primary N) is 1. The van der Waals surface area contributed by atoms with Crippen LogP contribution in [0.4, 0.5) is 17.1 Å². The molecule has 1 heterocycles. The number of benzene rings is 1. The maximum absolute atomic E-state index is 12.0. The third kappa shape index (κ3) is 2.54. The maximum Gasteiger partial charge on any atom is 0.253 e. The Hall–Kier alpha value is -1.75. The van der Waals surface area contributed by atoms with Gasteiger partial charge in [0.05, 0.1) is 0 Å². The summed E-state index contributed by atoms with van der Waals surface area (Å²) in [5, 5.41) is 0. The van der Waals surface area contributed by atoms with Crippen molar-refractivity contribution >= 4 is 28.8 Å². The van der Waals surface area contributed by atoms with Crippen LogP contribution in [-0.2, 0) is 12.2 Å². The number of nitrogen functional groups attached to an aromatic ring is 1. The smallest absolute Gasteiger partial charge is 0.253 e. The van der Waals surface area contributed by atoms with Crippen molar-refractivity contribution in [1.29, 1.82) is 0 Å². The second-order valence-electron chi connectivity index (χ2n) is 5.78. The van der Waals surface area contributed by atoms with E-state index in [1.54, 1.807) is 11.8 Å². The van der Waals surface area contributed by atoms with Crippen LogP contribution in [-0.4, -0.2) is 12.8 Å². The lowest BCUT2D eigenvalue weighted by atomic mass is 9.98. The topological polar surface area (TPSA) is 63.4 Å². The summed E-state index contributed by atoms with van der Waals surface area (Å²) in [6.07, 6.45) is 6.36. The van der Waals surface area contributed by atoms with Crippen LogP contribution >= 0.6 is 11.8 Å². The quantitative estimate of drug-likeness (QED) is 0.882. The van der Waals surface area contributed by atoms with Crippen LogP contribution in [0.2, 0.25) is 0 Å². The van der Waals surface area contributed by atoms with Crippen molar-refractivity contribution in [2.24, 2.45) is 0 Å². The zero-order valence-corrected chi connectivity index (χ0v) is 13.5. The molecule has 2 N–H and O–H groups in total. The minimum atomic E-state index is -0.543. The summed E-state index contributed by atoms with van der Waals surface area (Å²) < 4.78 is 0. The molecule has 0 spiro atoms. The molecule has 0 aliphatic carbocycles. The highest BCUT2D eigenvalue weighted by molar-refractivity contribution is 7.97. The van der Waals surface area contributed by atoms with E-state index in [-0.39, 0.29) is 5.69 Å². The van der Waals surface area contributed by atoms with Crippen molar-refractivity contribution in [2.45, 2.75) is 31.4 Å². The molecular formula is C17H20N2O2S. The summed E-state index contributed by atoms with van der Waals surface area (Å²) in [6.45, 7) is 0.741. The van der Waals surface area contributed by atoms with Gasteiger partial charge in [-0.25, -0.2) is 0 Å². The molecule has 0 bridgehead atoms. The summed E-state index contributed by atoms with van der Waals surface area (Å²) in [5.41, 5.74) is 8.83. The Morgan fingerprint density at radius 3 is 2.73 bits per heavy atom. The van der Waals surface area contributed by atoms with E-state index in [9.17, 15) is 9.59 Å². The van der Waals surface area contributed by atoms with Crippen LogP contribution < -0.4 is 21.5 Å². The van der Waals surface area contributed by atoms with E-state index in [0.29, 0.717) is 5.69 Å². The maximum atomic E-state index is 12.0. The molecule has 2 aromatic carbocycles. The second-order valence-corrected chi connectivity index (χ2v) is 6.64. The molecule has 0 unspecified atom stereocenters. The highest BCUT2D eigenvalue weighted by Crippen LogP contribution is 2.34. The summed E-state index contributed by atoms with van der Waals surface area (Å²) >= 11 is 1.77. The van der Waals surface area contributed by atoms with Gasteiger partial charge in [-0.1, -0.05) is 18.6 Å². The Morgan fingerprint density at radius 1 is 1.18 bits per heavy atom. The first-order chi connectivity index (χ1) is 10.6. The van der Waals surface area contributed by atoms with Crippen LogP contribution in [0, 0.1) is 0 Å². The van der Waals surface area contributed by atoms with E-state index in [1.165, 1.54) is 11.1 Å². The van der Waals surface area contributed by atoms with Crippen LogP contribution in [0.15, 0.2) is 27.8 Å². The van der Waals surface area contributed by atoms with Crippen molar-refractivity contribution in [3.8, 4) is 0 Å². The molecule has 5 heteroatoms. The molecule has 0 aromatic heterocycles. The molecule has 2 aromatic rings. The summed E-state index contributed by atoms with van der Waals surface area (Å²) in [5.74, 6) is 0.933. The molecular weight excluding hydrogens is 296 g/mol. The van der Waals surface area contributed by atoms with Gasteiger partial charge in [0.1, 0.15) is 11.4 Å². The van der Waals surface area contributed by atoms with Crippen LogP contribution in [0.25, 0.3) is 0 Å². The summed E-state index contributed by atoms with van der Waals surface area (Å²) in [4.78, 5) is 25.4. The zero-order valence-electron chi connectivity index (χ0n) is 12.7. The number of fused-ring (bicyclic) bond motifs is 1. The zero-order chi connectivity index (χ0) is 15.7. The summed E-state index contributed by atoms with van der Waals surface area (Å²) in [7, 11) is 0. The number of thioether (sulfide) groups is 1. The van der Waals surface area contributed by atoms with E-state index >= 15 is 0 Å². The fourth-order valence-corrected chi connectivity index (χ4v) is 3.62. The van der Waals surface area contributed by atoms with Crippen LogP contribution in [0.1, 0.15) is 30.4 Å². The SMILES string of the molecule is CSCc1ccc2c(c1)N(c1c(N)c(=O)c1=O)CCCCC2. The second kappa shape index (κ2) is 6.16. The highest BCUT2D eigenvalue weighted by atomic mass is 32.2. The number of rotatable bonds is 3. The Balaban J connectivity index is 2.10. The van der Waals surface area contributed by atoms with Gasteiger partial charge in [-0.05, 0) is 42.7 Å². The standard InChI is InChI=1S/C17H20N2O2S/c1-22-10-11-6-7-12-5-3-2-4-8-19(13(12)9-11)15-14(18)16(20)17(15)21/h6-7,9H,2-5,8,10,18H2,1H3. The van der Waals surface area contributed by atoms with E-state index in [4.69, 9.17) is 5.73 Å². The van der Waals surface area contributed by atoms with Crippen molar-refractivity contribution < 1.29 is 0 Å². The normalized spacial score (nSPS) is 15.4. The molecule has 1 aliphatic rings. The molecule has 0 fully saturated rings. The van der Waals surface area contributed by atoms with Gasteiger partial charge in [0.2, 0.25) is 0 Å². The average Bonchev–Trinajstić information content (AvgIpc) is 2.51. The van der Waals surface area contributed by atoms with Gasteiger partial charge >= 0.3 is 0 Å². The monoisotopic (exact) mass is 316 g/mol. The number of hydrogen-bond acceptors (Lipinski definition) is 5. The molecule has 3 rings (SSSR count). The van der Waals surface area contributed by atoms with E-state index in [2.05, 4.69) is 24.5 Å². The first-order valence-electron chi connectivity index (χ1n) is 7.60. The first kappa shape index (κ1) is 15.2. The van der Waals surface area contributed by atoms with E-state index < -0.39 is 10.9 Å². The lowest BCUT2D eigenvalue weighted by Gasteiger charge is -2.30. The predicted octanol–water partition coefficient (Wildman–Crippen LogP) is 2.59. The van der Waals surface area contributed by atoms with Gasteiger partial charge in [-0.2, -0.15) is 11.8 Å². The lowest BCUT2D eigenvalue weighted by molar-refractivity contribution is 0.661. The Kier molecular flexibility index (Phi) is 4.25. The Morgan fingerprint density at radius 2 is 2.00 bits per heavy atom. The Labute approximate surface area is 134 Å². The number of nitrogens with zero attached hydrogens (tertiary/aromatic N) is 1. The van der Waals surface area contributed by atoms with Crippen LogP contribution in [0.5, 0.6) is 0 Å². The molecule has 116 valence electrons. The molecule has 22 heavy (non-hydrogen) atoms. The fraction of sp³-hybridized carbons (Fsp3) is 0.412. The minimum Gasteiger partial charge on any atom is -0.394 e. The van der Waals surface area contributed by atoms with Gasteiger partial charge < -0.3 is 10.6 Å². The summed E-state index contributed by atoms with van der Waals surface area (Å²) in [6, 6.07) is 6.45. The minimum absolute atomic E-state index is 0.117. The molecule has 0 radical (unpaired) electrons. The number of hydrogen-bond donors (Lipinski definition) is 1. The molecule has 4 nitrogen and oxygen atoms in total. The van der Waals surface area contributed by atoms with Crippen molar-refractivity contribution in [3.63, 3.8) is 0 Å². The number of aryl methyl sites for hydroxylation is 1. The van der Waals surface area contributed by atoms with Gasteiger partial charge in [0, 0.05) is 18.0 Å². The largest absolute Gasteiger partial charge is 0.394 e. The predicted molar refractivity (Wildman–Crippen MR) is 94.0 cm³/mol. The van der Waals surface area contributed by atoms with Crippen molar-refractivity contribution in [2.75, 3.05) is 23.4 Å². The molecule has 0 saturated heterocycles. The van der Waals surface area contributed by atoms with Gasteiger partial charge in [-0.3, -0.25) is 9.59 Å².